The molecule has 1 atom stereocenters. The Balaban J connectivity index is 1.83. The van der Waals surface area contributed by atoms with E-state index in [1.54, 1.807) is 0 Å². The third kappa shape index (κ3) is 2.92. The Kier molecular flexibility index (Phi) is 2.98. The Hall–Kier alpha value is -0.610. The zero-order chi connectivity index (χ0) is 10.9. The highest BCUT2D eigenvalue weighted by Gasteiger charge is 2.44. The van der Waals surface area contributed by atoms with Gasteiger partial charge >= 0.3 is 0 Å². The first-order valence-electron chi connectivity index (χ1n) is 5.83. The lowest BCUT2D eigenvalue weighted by atomic mass is 9.99. The fraction of sp³-hybridized carbons (Fsp3) is 0.909. The molecule has 0 radical (unpaired) electrons. The Morgan fingerprint density at radius 1 is 1.53 bits per heavy atom. The van der Waals surface area contributed by atoms with E-state index in [1.807, 2.05) is 0 Å². The number of nitrogens with two attached hydrogens (primary N) is 1. The van der Waals surface area contributed by atoms with Gasteiger partial charge in [0.05, 0.1) is 11.9 Å². The fourth-order valence-corrected chi connectivity index (χ4v) is 2.62. The fourth-order valence-electron chi connectivity index (χ4n) is 2.62. The Labute approximate surface area is 91.0 Å². The van der Waals surface area contributed by atoms with Crippen molar-refractivity contribution in [3.8, 4) is 0 Å². The number of amidine groups is 1. The molecule has 0 aromatic heterocycles. The van der Waals surface area contributed by atoms with Crippen molar-refractivity contribution in [3.63, 3.8) is 0 Å². The van der Waals surface area contributed by atoms with Gasteiger partial charge in [0, 0.05) is 19.5 Å². The molecule has 0 amide bonds. The van der Waals surface area contributed by atoms with Gasteiger partial charge in [-0.2, -0.15) is 0 Å². The monoisotopic (exact) mass is 211 g/mol. The van der Waals surface area contributed by atoms with Crippen molar-refractivity contribution in [2.75, 3.05) is 19.6 Å². The minimum Gasteiger partial charge on any atom is -0.392 e. The van der Waals surface area contributed by atoms with Crippen LogP contribution in [0.1, 0.15) is 32.1 Å². The van der Waals surface area contributed by atoms with Crippen LogP contribution in [0.3, 0.4) is 0 Å². The number of nitrogens with one attached hydrogen (secondary N) is 1. The summed E-state index contributed by atoms with van der Waals surface area (Å²) in [6, 6.07) is 0. The molecule has 4 heteroatoms. The van der Waals surface area contributed by atoms with Crippen LogP contribution in [0.15, 0.2) is 0 Å². The summed E-state index contributed by atoms with van der Waals surface area (Å²) in [5.74, 6) is 0.310. The number of rotatable bonds is 4. The zero-order valence-corrected chi connectivity index (χ0v) is 9.21. The maximum Gasteiger partial charge on any atom is 0.0911 e. The van der Waals surface area contributed by atoms with Crippen molar-refractivity contribution in [2.45, 2.75) is 38.2 Å². The minimum atomic E-state index is -0.146. The van der Waals surface area contributed by atoms with Crippen LogP contribution in [0.2, 0.25) is 0 Å². The highest BCUT2D eigenvalue weighted by atomic mass is 16.3. The number of piperidine rings is 1. The number of hydrogen-bond acceptors (Lipinski definition) is 3. The maximum atomic E-state index is 9.57. The van der Waals surface area contributed by atoms with Crippen LogP contribution in [0.5, 0.6) is 0 Å². The molecule has 0 spiro atoms. The molecule has 2 aliphatic rings. The molecule has 1 aliphatic heterocycles. The van der Waals surface area contributed by atoms with E-state index < -0.39 is 0 Å². The minimum absolute atomic E-state index is 0.146. The van der Waals surface area contributed by atoms with E-state index >= 15 is 0 Å². The second-order valence-corrected chi connectivity index (χ2v) is 5.23. The lowest BCUT2D eigenvalue weighted by Gasteiger charge is -2.33. The molecule has 0 bridgehead atoms. The molecular formula is C11H21N3O. The van der Waals surface area contributed by atoms with Crippen LogP contribution in [0.4, 0.5) is 0 Å². The average molecular weight is 211 g/mol. The summed E-state index contributed by atoms with van der Waals surface area (Å²) in [7, 11) is 0. The highest BCUT2D eigenvalue weighted by Crippen LogP contribution is 2.49. The van der Waals surface area contributed by atoms with E-state index in [0.717, 1.165) is 38.9 Å². The van der Waals surface area contributed by atoms with E-state index in [2.05, 4.69) is 4.90 Å². The van der Waals surface area contributed by atoms with E-state index in [4.69, 9.17) is 11.1 Å². The van der Waals surface area contributed by atoms with Crippen molar-refractivity contribution < 1.29 is 5.11 Å². The average Bonchev–Trinajstić information content (AvgIpc) is 2.83. The van der Waals surface area contributed by atoms with E-state index in [-0.39, 0.29) is 11.5 Å². The third-order valence-electron chi connectivity index (χ3n) is 3.56. The molecule has 1 saturated carbocycles. The molecule has 0 aromatic rings. The lowest BCUT2D eigenvalue weighted by molar-refractivity contribution is 0.0600. The van der Waals surface area contributed by atoms with Gasteiger partial charge in [0.1, 0.15) is 0 Å². The maximum absolute atomic E-state index is 9.57. The summed E-state index contributed by atoms with van der Waals surface area (Å²) in [4.78, 5) is 2.34. The number of β-amino-alcohol motifs (C(OH)–C–C–N with tert-alkyl or cyclic N) is 1. The molecular weight excluding hydrogens is 190 g/mol. The summed E-state index contributed by atoms with van der Waals surface area (Å²) < 4.78 is 0. The van der Waals surface area contributed by atoms with Crippen molar-refractivity contribution in [1.82, 2.24) is 4.90 Å². The van der Waals surface area contributed by atoms with Gasteiger partial charge < -0.3 is 15.7 Å². The van der Waals surface area contributed by atoms with Crippen molar-refractivity contribution >= 4 is 5.84 Å². The van der Waals surface area contributed by atoms with E-state index in [1.165, 1.54) is 12.8 Å². The molecule has 2 fully saturated rings. The number of likely N-dealkylation sites (tertiary alicyclic amines) is 1. The van der Waals surface area contributed by atoms with Crippen LogP contribution in [-0.4, -0.2) is 41.6 Å². The topological polar surface area (TPSA) is 73.3 Å². The van der Waals surface area contributed by atoms with Crippen LogP contribution < -0.4 is 5.73 Å². The summed E-state index contributed by atoms with van der Waals surface area (Å²) >= 11 is 0. The van der Waals surface area contributed by atoms with Gasteiger partial charge in [0.25, 0.3) is 0 Å². The Morgan fingerprint density at radius 3 is 2.80 bits per heavy atom. The molecule has 1 heterocycles. The summed E-state index contributed by atoms with van der Waals surface area (Å²) in [6.45, 7) is 2.92. The van der Waals surface area contributed by atoms with Gasteiger partial charge in [-0.15, -0.1) is 0 Å². The molecule has 15 heavy (non-hydrogen) atoms. The van der Waals surface area contributed by atoms with Gasteiger partial charge in [-0.05, 0) is 37.6 Å². The second kappa shape index (κ2) is 4.10. The molecule has 86 valence electrons. The smallest absolute Gasteiger partial charge is 0.0911 e. The molecule has 0 aromatic carbocycles. The van der Waals surface area contributed by atoms with Crippen LogP contribution in [-0.2, 0) is 0 Å². The Morgan fingerprint density at radius 2 is 2.27 bits per heavy atom. The largest absolute Gasteiger partial charge is 0.392 e. The predicted molar refractivity (Wildman–Crippen MR) is 59.9 cm³/mol. The van der Waals surface area contributed by atoms with Crippen molar-refractivity contribution in [2.24, 2.45) is 11.1 Å². The molecule has 1 aliphatic carbocycles. The SMILES string of the molecule is N=C(N)CC1(CN2CCCC(O)C2)CC1. The van der Waals surface area contributed by atoms with Gasteiger partial charge in [-0.3, -0.25) is 5.41 Å². The number of nitrogens with zero attached hydrogens (tertiary/aromatic N) is 1. The summed E-state index contributed by atoms with van der Waals surface area (Å²) in [5, 5.41) is 16.9. The first kappa shape index (κ1) is 10.9. The normalized spacial score (nSPS) is 30.1. The number of hydrogen-bond donors (Lipinski definition) is 3. The Bertz CT molecular complexity index is 250. The van der Waals surface area contributed by atoms with Gasteiger partial charge in [0.15, 0.2) is 0 Å². The first-order valence-corrected chi connectivity index (χ1v) is 5.83. The standard InChI is InChI=1S/C11H21N3O/c12-10(13)6-11(3-4-11)8-14-5-1-2-9(15)7-14/h9,15H,1-8H2,(H3,12,13). The van der Waals surface area contributed by atoms with Gasteiger partial charge in [0.2, 0.25) is 0 Å². The van der Waals surface area contributed by atoms with Gasteiger partial charge in [-0.1, -0.05) is 0 Å². The lowest BCUT2D eigenvalue weighted by Crippen LogP contribution is -2.42. The predicted octanol–water partition coefficient (Wildman–Crippen LogP) is 0.549. The highest BCUT2D eigenvalue weighted by molar-refractivity contribution is 5.78. The first-order chi connectivity index (χ1) is 7.10. The third-order valence-corrected chi connectivity index (χ3v) is 3.56. The molecule has 2 rings (SSSR count). The van der Waals surface area contributed by atoms with Crippen molar-refractivity contribution in [1.29, 1.82) is 5.41 Å². The molecule has 4 N–H and O–H groups in total. The van der Waals surface area contributed by atoms with E-state index in [9.17, 15) is 5.11 Å². The zero-order valence-electron chi connectivity index (χ0n) is 9.21. The summed E-state index contributed by atoms with van der Waals surface area (Å²) in [5.41, 5.74) is 5.75. The van der Waals surface area contributed by atoms with Crippen molar-refractivity contribution in [3.05, 3.63) is 0 Å². The molecule has 4 nitrogen and oxygen atoms in total. The van der Waals surface area contributed by atoms with E-state index in [0.29, 0.717) is 5.84 Å². The van der Waals surface area contributed by atoms with Crippen LogP contribution in [0, 0.1) is 10.8 Å². The van der Waals surface area contributed by atoms with Gasteiger partial charge in [-0.25, -0.2) is 0 Å². The quantitative estimate of drug-likeness (QED) is 0.469. The second-order valence-electron chi connectivity index (χ2n) is 5.23. The summed E-state index contributed by atoms with van der Waals surface area (Å²) in [6.07, 6.45) is 5.01. The molecule has 1 saturated heterocycles. The van der Waals surface area contributed by atoms with Crippen LogP contribution in [0.25, 0.3) is 0 Å². The van der Waals surface area contributed by atoms with Crippen LogP contribution >= 0.6 is 0 Å². The number of aliphatic hydroxyl groups excluding tert-OH is 1. The molecule has 1 unspecified atom stereocenters. The number of aliphatic hydroxyl groups is 1.